The molecule has 1 aromatic heterocycles. The van der Waals surface area contributed by atoms with Gasteiger partial charge in [0.05, 0.1) is 17.9 Å². The number of ether oxygens (including phenoxy) is 2. The predicted octanol–water partition coefficient (Wildman–Crippen LogP) is 2.66. The van der Waals surface area contributed by atoms with Crippen LogP contribution in [0.1, 0.15) is 0 Å². The Morgan fingerprint density at radius 2 is 2.32 bits per heavy atom. The first-order chi connectivity index (χ1) is 9.20. The number of anilines is 1. The van der Waals surface area contributed by atoms with E-state index in [0.717, 1.165) is 14.6 Å². The molecule has 0 saturated carbocycles. The lowest BCUT2D eigenvalue weighted by atomic mass is 10.2. The van der Waals surface area contributed by atoms with Crippen LogP contribution in [0.2, 0.25) is 0 Å². The van der Waals surface area contributed by atoms with E-state index in [-0.39, 0.29) is 12.5 Å². The summed E-state index contributed by atoms with van der Waals surface area (Å²) in [5, 5.41) is 3.66. The Balaban J connectivity index is 1.97. The molecule has 7 heteroatoms. The molecule has 19 heavy (non-hydrogen) atoms. The van der Waals surface area contributed by atoms with Crippen LogP contribution in [-0.2, 0) is 14.3 Å². The molecule has 1 amide bonds. The number of carbonyl (C=O) groups excluding carboxylic acids is 1. The first kappa shape index (κ1) is 14.4. The number of rotatable bonds is 6. The van der Waals surface area contributed by atoms with E-state index in [1.54, 1.807) is 7.11 Å². The predicted molar refractivity (Wildman–Crippen MR) is 78.6 cm³/mol. The van der Waals surface area contributed by atoms with E-state index in [1.165, 1.54) is 11.5 Å². The van der Waals surface area contributed by atoms with Gasteiger partial charge in [-0.3, -0.25) is 4.79 Å². The molecule has 0 unspecified atom stereocenters. The fourth-order valence-electron chi connectivity index (χ4n) is 1.48. The zero-order valence-corrected chi connectivity index (χ0v) is 12.7. The zero-order valence-electron chi connectivity index (χ0n) is 10.3. The van der Waals surface area contributed by atoms with E-state index in [1.807, 2.05) is 18.2 Å². The summed E-state index contributed by atoms with van der Waals surface area (Å²) in [6, 6.07) is 5.84. The van der Waals surface area contributed by atoms with Crippen LogP contribution >= 0.6 is 27.5 Å². The fourth-order valence-corrected chi connectivity index (χ4v) is 2.55. The highest BCUT2D eigenvalue weighted by atomic mass is 79.9. The van der Waals surface area contributed by atoms with Crippen molar-refractivity contribution in [1.82, 2.24) is 4.37 Å². The van der Waals surface area contributed by atoms with E-state index >= 15 is 0 Å². The number of nitrogens with zero attached hydrogens (tertiary/aromatic N) is 1. The summed E-state index contributed by atoms with van der Waals surface area (Å²) in [5.74, 6) is 0.352. The van der Waals surface area contributed by atoms with E-state index in [4.69, 9.17) is 9.47 Å². The Morgan fingerprint density at radius 3 is 3.11 bits per heavy atom. The van der Waals surface area contributed by atoms with Crippen LogP contribution < -0.4 is 5.32 Å². The van der Waals surface area contributed by atoms with Gasteiger partial charge in [0.15, 0.2) is 5.82 Å². The summed E-state index contributed by atoms with van der Waals surface area (Å²) in [5.41, 5.74) is 0. The first-order valence-corrected chi connectivity index (χ1v) is 7.19. The maximum Gasteiger partial charge on any atom is 0.251 e. The van der Waals surface area contributed by atoms with Gasteiger partial charge in [0, 0.05) is 17.0 Å². The second-order valence-corrected chi connectivity index (χ2v) is 5.49. The van der Waals surface area contributed by atoms with Crippen molar-refractivity contribution in [1.29, 1.82) is 0 Å². The van der Waals surface area contributed by atoms with Crippen LogP contribution in [0.25, 0.3) is 10.1 Å². The van der Waals surface area contributed by atoms with Crippen LogP contribution in [0.4, 0.5) is 5.82 Å². The minimum atomic E-state index is -0.219. The quantitative estimate of drug-likeness (QED) is 0.818. The zero-order chi connectivity index (χ0) is 13.7. The third-order valence-electron chi connectivity index (χ3n) is 2.35. The van der Waals surface area contributed by atoms with Gasteiger partial charge in [0.1, 0.15) is 6.61 Å². The maximum atomic E-state index is 11.7. The lowest BCUT2D eigenvalue weighted by Crippen LogP contribution is -2.19. The van der Waals surface area contributed by atoms with Crippen molar-refractivity contribution in [3.63, 3.8) is 0 Å². The molecule has 0 atom stereocenters. The molecule has 2 aromatic rings. The third kappa shape index (κ3) is 3.97. The highest BCUT2D eigenvalue weighted by Gasteiger charge is 2.10. The van der Waals surface area contributed by atoms with Crippen molar-refractivity contribution in [3.8, 4) is 0 Å². The standard InChI is InChI=1S/C12H13BrN2O3S/c1-17-4-5-18-7-11(16)14-12-9-6-8(13)2-3-10(9)19-15-12/h2-3,6H,4-5,7H2,1H3,(H,14,15,16). The Hall–Kier alpha value is -1.02. The van der Waals surface area contributed by atoms with Crippen molar-refractivity contribution >= 4 is 49.3 Å². The fraction of sp³-hybridized carbons (Fsp3) is 0.333. The van der Waals surface area contributed by atoms with Gasteiger partial charge in [0.25, 0.3) is 5.91 Å². The molecule has 1 aromatic carbocycles. The van der Waals surface area contributed by atoms with Gasteiger partial charge in [-0.2, -0.15) is 4.37 Å². The highest BCUT2D eigenvalue weighted by Crippen LogP contribution is 2.29. The van der Waals surface area contributed by atoms with Crippen molar-refractivity contribution in [3.05, 3.63) is 22.7 Å². The van der Waals surface area contributed by atoms with E-state index in [9.17, 15) is 4.79 Å². The Labute approximate surface area is 123 Å². The molecule has 0 spiro atoms. The van der Waals surface area contributed by atoms with E-state index in [2.05, 4.69) is 25.6 Å². The topological polar surface area (TPSA) is 60.5 Å². The molecule has 102 valence electrons. The molecule has 0 saturated heterocycles. The molecule has 0 aliphatic rings. The second kappa shape index (κ2) is 6.95. The van der Waals surface area contributed by atoms with Gasteiger partial charge >= 0.3 is 0 Å². The molecular weight excluding hydrogens is 332 g/mol. The van der Waals surface area contributed by atoms with Gasteiger partial charge in [0.2, 0.25) is 0 Å². The number of hydrogen-bond donors (Lipinski definition) is 1. The van der Waals surface area contributed by atoms with Crippen molar-refractivity contribution < 1.29 is 14.3 Å². The van der Waals surface area contributed by atoms with E-state index < -0.39 is 0 Å². The average Bonchev–Trinajstić information content (AvgIpc) is 2.77. The average molecular weight is 345 g/mol. The molecule has 5 nitrogen and oxygen atoms in total. The molecule has 0 fully saturated rings. The van der Waals surface area contributed by atoms with E-state index in [0.29, 0.717) is 19.0 Å². The first-order valence-electron chi connectivity index (χ1n) is 5.62. The number of nitrogens with one attached hydrogen (secondary N) is 1. The second-order valence-electron chi connectivity index (χ2n) is 3.77. The number of hydrogen-bond acceptors (Lipinski definition) is 5. The monoisotopic (exact) mass is 344 g/mol. The van der Waals surface area contributed by atoms with Gasteiger partial charge < -0.3 is 14.8 Å². The van der Waals surface area contributed by atoms with Gasteiger partial charge in [-0.25, -0.2) is 0 Å². The largest absolute Gasteiger partial charge is 0.382 e. The number of fused-ring (bicyclic) bond motifs is 1. The van der Waals surface area contributed by atoms with Crippen molar-refractivity contribution in [2.24, 2.45) is 0 Å². The molecule has 0 bridgehead atoms. The molecule has 1 N–H and O–H groups in total. The number of methoxy groups -OCH3 is 1. The lowest BCUT2D eigenvalue weighted by Gasteiger charge is -2.04. The normalized spacial score (nSPS) is 10.8. The van der Waals surface area contributed by atoms with Crippen LogP contribution in [0.3, 0.4) is 0 Å². The Kier molecular flexibility index (Phi) is 5.26. The number of benzene rings is 1. The summed E-state index contributed by atoms with van der Waals surface area (Å²) < 4.78 is 16.2. The van der Waals surface area contributed by atoms with Crippen molar-refractivity contribution in [2.75, 3.05) is 32.2 Å². The summed E-state index contributed by atoms with van der Waals surface area (Å²) in [6.45, 7) is 0.865. The maximum absolute atomic E-state index is 11.7. The number of aromatic nitrogens is 1. The SMILES string of the molecule is COCCOCC(=O)Nc1nsc2ccc(Br)cc12. The molecule has 0 aliphatic heterocycles. The van der Waals surface area contributed by atoms with Gasteiger partial charge in [-0.05, 0) is 29.7 Å². The molecular formula is C12H13BrN2O3S. The van der Waals surface area contributed by atoms with Crippen LogP contribution in [0.15, 0.2) is 22.7 Å². The third-order valence-corrected chi connectivity index (χ3v) is 3.67. The molecule has 0 radical (unpaired) electrons. The number of amides is 1. The summed E-state index contributed by atoms with van der Waals surface area (Å²) in [4.78, 5) is 11.7. The molecule has 1 heterocycles. The van der Waals surface area contributed by atoms with Gasteiger partial charge in [-0.15, -0.1) is 0 Å². The number of carbonyl (C=O) groups is 1. The van der Waals surface area contributed by atoms with Crippen LogP contribution in [-0.4, -0.2) is 37.2 Å². The molecule has 0 aliphatic carbocycles. The minimum absolute atomic E-state index is 0.00359. The highest BCUT2D eigenvalue weighted by molar-refractivity contribution is 9.10. The summed E-state index contributed by atoms with van der Waals surface area (Å²) in [7, 11) is 1.59. The minimum Gasteiger partial charge on any atom is -0.382 e. The molecule has 2 rings (SSSR count). The van der Waals surface area contributed by atoms with Gasteiger partial charge in [-0.1, -0.05) is 15.9 Å². The Bertz CT molecular complexity index is 573. The van der Waals surface area contributed by atoms with Crippen LogP contribution in [0.5, 0.6) is 0 Å². The lowest BCUT2D eigenvalue weighted by molar-refractivity contribution is -0.121. The number of halogens is 1. The Morgan fingerprint density at radius 1 is 1.47 bits per heavy atom. The van der Waals surface area contributed by atoms with Crippen molar-refractivity contribution in [2.45, 2.75) is 0 Å². The summed E-state index contributed by atoms with van der Waals surface area (Å²) in [6.07, 6.45) is 0. The smallest absolute Gasteiger partial charge is 0.251 e. The summed E-state index contributed by atoms with van der Waals surface area (Å²) >= 11 is 4.75. The van der Waals surface area contributed by atoms with Crippen LogP contribution in [0, 0.1) is 0 Å².